The first kappa shape index (κ1) is 25.6. The van der Waals surface area contributed by atoms with Gasteiger partial charge in [-0.25, -0.2) is 0 Å². The van der Waals surface area contributed by atoms with Gasteiger partial charge in [-0.1, -0.05) is 61.3 Å². The number of hydrogen-bond donors (Lipinski definition) is 3. The Morgan fingerprint density at radius 2 is 1.41 bits per heavy atom. The van der Waals surface area contributed by atoms with Gasteiger partial charge in [0.05, 0.1) is 23.7 Å². The highest BCUT2D eigenvalue weighted by atomic mass is 35.5. The smallest absolute Gasteiger partial charge is 0.253 e. The lowest BCUT2D eigenvalue weighted by molar-refractivity contribution is -0.125. The van der Waals surface area contributed by atoms with Gasteiger partial charge in [0.15, 0.2) is 0 Å². The molecule has 0 bridgehead atoms. The Kier molecular flexibility index (Phi) is 10.5. The van der Waals surface area contributed by atoms with Crippen molar-refractivity contribution in [3.8, 4) is 0 Å². The maximum Gasteiger partial charge on any atom is 0.253 e. The molecule has 0 aliphatic rings. The second kappa shape index (κ2) is 13.1. The molecule has 0 atom stereocenters. The molecule has 7 nitrogen and oxygen atoms in total. The van der Waals surface area contributed by atoms with Crippen LogP contribution in [0.2, 0.25) is 10.0 Å². The molecule has 2 aromatic carbocycles. The predicted molar refractivity (Wildman–Crippen MR) is 127 cm³/mol. The summed E-state index contributed by atoms with van der Waals surface area (Å²) in [6.45, 7) is 7.07. The van der Waals surface area contributed by atoms with E-state index in [1.165, 1.54) is 23.8 Å². The van der Waals surface area contributed by atoms with Crippen molar-refractivity contribution in [1.82, 2.24) is 20.9 Å². The van der Waals surface area contributed by atoms with Crippen molar-refractivity contribution in [1.29, 1.82) is 0 Å². The zero-order chi connectivity index (χ0) is 23.5. The third-order valence-corrected chi connectivity index (χ3v) is 5.39. The van der Waals surface area contributed by atoms with E-state index in [0.29, 0.717) is 11.6 Å². The number of amides is 3. The molecule has 0 aromatic heterocycles. The molecule has 0 unspecified atom stereocenters. The zero-order valence-corrected chi connectivity index (χ0v) is 19.7. The lowest BCUT2D eigenvalue weighted by Gasteiger charge is -2.18. The summed E-state index contributed by atoms with van der Waals surface area (Å²) < 4.78 is 0. The van der Waals surface area contributed by atoms with Gasteiger partial charge in [-0.15, -0.1) is 0 Å². The summed E-state index contributed by atoms with van der Waals surface area (Å²) in [5, 5.41) is 8.28. The second-order valence-corrected chi connectivity index (χ2v) is 7.98. The average molecular weight is 479 g/mol. The van der Waals surface area contributed by atoms with Crippen molar-refractivity contribution >= 4 is 40.9 Å². The van der Waals surface area contributed by atoms with E-state index in [4.69, 9.17) is 23.2 Å². The number of nitrogens with one attached hydrogen (secondary N) is 3. The highest BCUT2D eigenvalue weighted by Gasteiger charge is 2.12. The molecule has 32 heavy (non-hydrogen) atoms. The van der Waals surface area contributed by atoms with E-state index < -0.39 is 11.8 Å². The highest BCUT2D eigenvalue weighted by Crippen LogP contribution is 2.20. The van der Waals surface area contributed by atoms with Gasteiger partial charge in [0, 0.05) is 18.1 Å². The number of halogens is 2. The van der Waals surface area contributed by atoms with Crippen molar-refractivity contribution in [2.24, 2.45) is 0 Å². The van der Waals surface area contributed by atoms with Gasteiger partial charge < -0.3 is 16.0 Å². The minimum absolute atomic E-state index is 0.184. The summed E-state index contributed by atoms with van der Waals surface area (Å²) in [5.41, 5.74) is 2.41. The van der Waals surface area contributed by atoms with Crippen LogP contribution in [0.15, 0.2) is 42.5 Å². The van der Waals surface area contributed by atoms with Gasteiger partial charge in [-0.05, 0) is 42.4 Å². The minimum Gasteiger partial charge on any atom is -0.350 e. The summed E-state index contributed by atoms with van der Waals surface area (Å²) in [5.74, 6) is -1.31. The van der Waals surface area contributed by atoms with E-state index in [0.717, 1.165) is 25.2 Å². The maximum absolute atomic E-state index is 12.1. The fourth-order valence-corrected chi connectivity index (χ4v) is 3.40. The molecule has 9 heteroatoms. The Hall–Kier alpha value is -2.61. The van der Waals surface area contributed by atoms with Crippen molar-refractivity contribution in [2.75, 3.05) is 26.2 Å². The lowest BCUT2D eigenvalue weighted by Crippen LogP contribution is -2.41. The third kappa shape index (κ3) is 8.49. The highest BCUT2D eigenvalue weighted by molar-refractivity contribution is 6.36. The number of hydrogen-bond acceptors (Lipinski definition) is 4. The zero-order valence-electron chi connectivity index (χ0n) is 18.2. The molecule has 0 radical (unpaired) electrons. The van der Waals surface area contributed by atoms with Crippen molar-refractivity contribution in [2.45, 2.75) is 26.9 Å². The molecule has 3 amide bonds. The molecule has 0 heterocycles. The van der Waals surface area contributed by atoms with Crippen LogP contribution < -0.4 is 16.0 Å². The first-order valence-corrected chi connectivity index (χ1v) is 11.1. The van der Waals surface area contributed by atoms with Crippen molar-refractivity contribution in [3.63, 3.8) is 0 Å². The molecule has 172 valence electrons. The van der Waals surface area contributed by atoms with E-state index in [9.17, 15) is 14.4 Å². The Labute approximate surface area is 198 Å². The Morgan fingerprint density at radius 1 is 0.812 bits per heavy atom. The summed E-state index contributed by atoms with van der Waals surface area (Å²) in [6, 6.07) is 12.5. The number of benzene rings is 2. The van der Waals surface area contributed by atoms with Crippen LogP contribution in [0.3, 0.4) is 0 Å². The van der Waals surface area contributed by atoms with Crippen molar-refractivity contribution in [3.05, 3.63) is 69.2 Å². The van der Waals surface area contributed by atoms with Crippen LogP contribution in [0.5, 0.6) is 0 Å². The standard InChI is InChI=1S/C23H28Cl2N4O3/c1-3-29(4-2)15-17-7-5-16(6-8-17)12-26-21(30)13-27-22(31)14-28-23(32)19-10-9-18(24)11-20(19)25/h5-11H,3-4,12-15H2,1-2H3,(H,26,30)(H,27,31)(H,28,32). The molecule has 2 rings (SSSR count). The molecule has 2 aromatic rings. The molecule has 0 spiro atoms. The first-order valence-electron chi connectivity index (χ1n) is 10.4. The Balaban J connectivity index is 1.69. The maximum atomic E-state index is 12.1. The molecule has 0 saturated carbocycles. The molecule has 0 aliphatic carbocycles. The summed E-state index contributed by atoms with van der Waals surface area (Å²) in [6.07, 6.45) is 0. The van der Waals surface area contributed by atoms with Gasteiger partial charge in [0.25, 0.3) is 5.91 Å². The van der Waals surface area contributed by atoms with E-state index in [1.807, 2.05) is 12.1 Å². The third-order valence-electron chi connectivity index (χ3n) is 4.84. The van der Waals surface area contributed by atoms with Crippen LogP contribution in [0.4, 0.5) is 0 Å². The molecule has 0 fully saturated rings. The fraction of sp³-hybridized carbons (Fsp3) is 0.348. The van der Waals surface area contributed by atoms with Crippen LogP contribution >= 0.6 is 23.2 Å². The van der Waals surface area contributed by atoms with Gasteiger partial charge in [0.1, 0.15) is 0 Å². The average Bonchev–Trinajstić information content (AvgIpc) is 2.79. The van der Waals surface area contributed by atoms with Crippen LogP contribution in [0.25, 0.3) is 0 Å². The quantitative estimate of drug-likeness (QED) is 0.462. The molecule has 3 N–H and O–H groups in total. The lowest BCUT2D eigenvalue weighted by atomic mass is 10.1. The first-order chi connectivity index (χ1) is 15.3. The summed E-state index contributed by atoms with van der Waals surface area (Å²) in [4.78, 5) is 38.3. The SMILES string of the molecule is CCN(CC)Cc1ccc(CNC(=O)CNC(=O)CNC(=O)c2ccc(Cl)cc2Cl)cc1. The monoisotopic (exact) mass is 478 g/mol. The number of carbonyl (C=O) groups excluding carboxylic acids is 3. The summed E-state index contributed by atoms with van der Waals surface area (Å²) >= 11 is 11.8. The number of nitrogens with zero attached hydrogens (tertiary/aromatic N) is 1. The van der Waals surface area contributed by atoms with E-state index in [-0.39, 0.29) is 29.6 Å². The number of rotatable bonds is 11. The van der Waals surface area contributed by atoms with Crippen LogP contribution in [-0.4, -0.2) is 48.8 Å². The fourth-order valence-electron chi connectivity index (χ4n) is 2.90. The van der Waals surface area contributed by atoms with Crippen LogP contribution in [0, 0.1) is 0 Å². The summed E-state index contributed by atoms with van der Waals surface area (Å²) in [7, 11) is 0. The molecule has 0 saturated heterocycles. The van der Waals surface area contributed by atoms with Gasteiger partial charge >= 0.3 is 0 Å². The number of carbonyl (C=O) groups is 3. The van der Waals surface area contributed by atoms with E-state index >= 15 is 0 Å². The van der Waals surface area contributed by atoms with Gasteiger partial charge in [0.2, 0.25) is 11.8 Å². The minimum atomic E-state index is -0.504. The van der Waals surface area contributed by atoms with E-state index in [2.05, 4.69) is 46.8 Å². The topological polar surface area (TPSA) is 90.5 Å². The van der Waals surface area contributed by atoms with Gasteiger partial charge in [-0.2, -0.15) is 0 Å². The van der Waals surface area contributed by atoms with Crippen LogP contribution in [0.1, 0.15) is 35.3 Å². The molecular weight excluding hydrogens is 451 g/mol. The second-order valence-electron chi connectivity index (χ2n) is 7.14. The largest absolute Gasteiger partial charge is 0.350 e. The van der Waals surface area contributed by atoms with Gasteiger partial charge in [-0.3, -0.25) is 19.3 Å². The Bertz CT molecular complexity index is 931. The predicted octanol–water partition coefficient (Wildman–Crippen LogP) is 3.00. The molecule has 0 aliphatic heterocycles. The van der Waals surface area contributed by atoms with Crippen molar-refractivity contribution < 1.29 is 14.4 Å². The normalized spacial score (nSPS) is 10.7. The Morgan fingerprint density at radius 3 is 2.03 bits per heavy atom. The van der Waals surface area contributed by atoms with E-state index in [1.54, 1.807) is 0 Å². The van der Waals surface area contributed by atoms with Crippen LogP contribution in [-0.2, 0) is 22.7 Å². The molecular formula is C23H28Cl2N4O3.